The van der Waals surface area contributed by atoms with Crippen molar-refractivity contribution in [3.05, 3.63) is 23.3 Å². The molecule has 0 aliphatic rings. The van der Waals surface area contributed by atoms with Gasteiger partial charge < -0.3 is 9.84 Å². The maximum Gasteiger partial charge on any atom is 0.354 e. The third-order valence-corrected chi connectivity index (χ3v) is 1.56. The number of aromatic carboxylic acids is 1. The van der Waals surface area contributed by atoms with Crippen LogP contribution in [0.25, 0.3) is 0 Å². The van der Waals surface area contributed by atoms with E-state index in [9.17, 15) is 4.79 Å². The first-order valence-corrected chi connectivity index (χ1v) is 4.29. The topological polar surface area (TPSA) is 72.3 Å². The third kappa shape index (κ3) is 2.77. The van der Waals surface area contributed by atoms with E-state index in [0.717, 1.165) is 0 Å². The molecule has 0 aliphatic heterocycles. The van der Waals surface area contributed by atoms with E-state index >= 15 is 0 Å². The number of carboxylic acid groups (broad SMARTS) is 1. The van der Waals surface area contributed by atoms with Crippen LogP contribution in [0.2, 0.25) is 0 Å². The van der Waals surface area contributed by atoms with Gasteiger partial charge in [0, 0.05) is 6.61 Å². The van der Waals surface area contributed by atoms with Crippen molar-refractivity contribution < 1.29 is 14.6 Å². The van der Waals surface area contributed by atoms with E-state index in [-0.39, 0.29) is 5.69 Å². The second-order valence-electron chi connectivity index (χ2n) is 2.73. The fraction of sp³-hybridized carbons (Fsp3) is 0.444. The molecule has 1 N–H and O–H groups in total. The molecule has 0 bridgehead atoms. The highest BCUT2D eigenvalue weighted by Crippen LogP contribution is 2.02. The zero-order chi connectivity index (χ0) is 10.6. The maximum absolute atomic E-state index is 10.6. The Labute approximate surface area is 81.8 Å². The molecule has 1 rings (SSSR count). The van der Waals surface area contributed by atoms with Gasteiger partial charge in [-0.2, -0.15) is 0 Å². The fourth-order valence-corrected chi connectivity index (χ4v) is 1.02. The second-order valence-corrected chi connectivity index (χ2v) is 2.73. The van der Waals surface area contributed by atoms with Crippen molar-refractivity contribution in [2.24, 2.45) is 0 Å². The van der Waals surface area contributed by atoms with Crippen molar-refractivity contribution >= 4 is 5.97 Å². The molecular weight excluding hydrogens is 184 g/mol. The predicted octanol–water partition coefficient (Wildman–Crippen LogP) is 1.02. The number of aryl methyl sites for hydroxylation is 1. The average Bonchev–Trinajstić information content (AvgIpc) is 2.14. The Bertz CT molecular complexity index is 339. The second kappa shape index (κ2) is 4.66. The number of carboxylic acids is 1. The van der Waals surface area contributed by atoms with Gasteiger partial charge in [-0.1, -0.05) is 0 Å². The Morgan fingerprint density at radius 2 is 2.29 bits per heavy atom. The third-order valence-electron chi connectivity index (χ3n) is 1.56. The van der Waals surface area contributed by atoms with Crippen LogP contribution in [-0.2, 0) is 11.3 Å². The Morgan fingerprint density at radius 3 is 2.86 bits per heavy atom. The summed E-state index contributed by atoms with van der Waals surface area (Å²) < 4.78 is 5.13. The van der Waals surface area contributed by atoms with Crippen LogP contribution in [0.15, 0.2) is 6.07 Å². The lowest BCUT2D eigenvalue weighted by Gasteiger charge is -2.03. The molecule has 0 saturated carbocycles. The lowest BCUT2D eigenvalue weighted by Crippen LogP contribution is -2.06. The molecule has 5 heteroatoms. The minimum atomic E-state index is -1.05. The normalized spacial score (nSPS) is 10.1. The van der Waals surface area contributed by atoms with E-state index in [1.54, 1.807) is 6.92 Å². The molecule has 0 saturated heterocycles. The zero-order valence-corrected chi connectivity index (χ0v) is 8.15. The van der Waals surface area contributed by atoms with Crippen LogP contribution in [0.3, 0.4) is 0 Å². The molecule has 0 radical (unpaired) electrons. The van der Waals surface area contributed by atoms with Gasteiger partial charge in [0.15, 0.2) is 5.69 Å². The van der Waals surface area contributed by atoms with Gasteiger partial charge in [0.25, 0.3) is 0 Å². The molecule has 1 aromatic heterocycles. The number of nitrogens with zero attached hydrogens (tertiary/aromatic N) is 2. The summed E-state index contributed by atoms with van der Waals surface area (Å²) in [4.78, 5) is 18.5. The molecule has 1 aromatic rings. The van der Waals surface area contributed by atoms with Gasteiger partial charge in [0.2, 0.25) is 0 Å². The number of rotatable bonds is 4. The number of carbonyl (C=O) groups is 1. The van der Waals surface area contributed by atoms with Crippen LogP contribution < -0.4 is 0 Å². The lowest BCUT2D eigenvalue weighted by atomic mass is 10.3. The summed E-state index contributed by atoms with van der Waals surface area (Å²) in [5.41, 5.74) is 0.601. The molecule has 0 spiro atoms. The summed E-state index contributed by atoms with van der Waals surface area (Å²) >= 11 is 0. The smallest absolute Gasteiger partial charge is 0.354 e. The number of aromatic nitrogens is 2. The Balaban J connectivity index is 2.89. The first-order chi connectivity index (χ1) is 6.63. The minimum absolute atomic E-state index is 0.00667. The van der Waals surface area contributed by atoms with E-state index in [0.29, 0.717) is 24.7 Å². The summed E-state index contributed by atoms with van der Waals surface area (Å²) in [7, 11) is 0. The Hall–Kier alpha value is -1.49. The van der Waals surface area contributed by atoms with Crippen molar-refractivity contribution in [2.75, 3.05) is 6.61 Å². The molecule has 76 valence electrons. The largest absolute Gasteiger partial charge is 0.477 e. The molecule has 0 unspecified atom stereocenters. The SMILES string of the molecule is CCOCc1cc(C(=O)O)nc(C)n1. The van der Waals surface area contributed by atoms with Gasteiger partial charge in [-0.25, -0.2) is 14.8 Å². The van der Waals surface area contributed by atoms with Crippen molar-refractivity contribution in [3.63, 3.8) is 0 Å². The van der Waals surface area contributed by atoms with E-state index in [2.05, 4.69) is 9.97 Å². The first kappa shape index (κ1) is 10.6. The van der Waals surface area contributed by atoms with Gasteiger partial charge in [0.1, 0.15) is 5.82 Å². The van der Waals surface area contributed by atoms with E-state index in [1.165, 1.54) is 6.07 Å². The van der Waals surface area contributed by atoms with Gasteiger partial charge in [-0.15, -0.1) is 0 Å². The number of hydrogen-bond donors (Lipinski definition) is 1. The lowest BCUT2D eigenvalue weighted by molar-refractivity contribution is 0.0689. The standard InChI is InChI=1S/C9H12N2O3/c1-3-14-5-7-4-8(9(12)13)11-6(2)10-7/h4H,3,5H2,1-2H3,(H,12,13). The van der Waals surface area contributed by atoms with Crippen LogP contribution in [0, 0.1) is 6.92 Å². The van der Waals surface area contributed by atoms with E-state index in [1.807, 2.05) is 6.92 Å². The van der Waals surface area contributed by atoms with Crippen LogP contribution >= 0.6 is 0 Å². The van der Waals surface area contributed by atoms with Gasteiger partial charge >= 0.3 is 5.97 Å². The monoisotopic (exact) mass is 196 g/mol. The van der Waals surface area contributed by atoms with E-state index < -0.39 is 5.97 Å². The van der Waals surface area contributed by atoms with Crippen molar-refractivity contribution in [1.29, 1.82) is 0 Å². The Morgan fingerprint density at radius 1 is 1.57 bits per heavy atom. The zero-order valence-electron chi connectivity index (χ0n) is 8.15. The summed E-state index contributed by atoms with van der Waals surface area (Å²) in [6.45, 7) is 4.42. The minimum Gasteiger partial charge on any atom is -0.477 e. The summed E-state index contributed by atoms with van der Waals surface area (Å²) in [6, 6.07) is 1.42. The molecule has 1 heterocycles. The van der Waals surface area contributed by atoms with Crippen molar-refractivity contribution in [3.8, 4) is 0 Å². The quantitative estimate of drug-likeness (QED) is 0.778. The highest BCUT2D eigenvalue weighted by molar-refractivity contribution is 5.85. The van der Waals surface area contributed by atoms with Gasteiger partial charge in [0.05, 0.1) is 12.3 Å². The summed E-state index contributed by atoms with van der Waals surface area (Å²) in [5, 5.41) is 8.73. The molecule has 0 aromatic carbocycles. The highest BCUT2D eigenvalue weighted by Gasteiger charge is 2.07. The van der Waals surface area contributed by atoms with E-state index in [4.69, 9.17) is 9.84 Å². The van der Waals surface area contributed by atoms with Crippen molar-refractivity contribution in [1.82, 2.24) is 9.97 Å². The van der Waals surface area contributed by atoms with Crippen LogP contribution in [0.4, 0.5) is 0 Å². The number of ether oxygens (including phenoxy) is 1. The summed E-state index contributed by atoms with van der Waals surface area (Å²) in [6.07, 6.45) is 0. The summed E-state index contributed by atoms with van der Waals surface area (Å²) in [5.74, 6) is -0.604. The molecule has 14 heavy (non-hydrogen) atoms. The molecule has 5 nitrogen and oxygen atoms in total. The number of hydrogen-bond acceptors (Lipinski definition) is 4. The maximum atomic E-state index is 10.6. The molecule has 0 atom stereocenters. The fourth-order valence-electron chi connectivity index (χ4n) is 1.02. The van der Waals surface area contributed by atoms with Crippen molar-refractivity contribution in [2.45, 2.75) is 20.5 Å². The molecule has 0 fully saturated rings. The highest BCUT2D eigenvalue weighted by atomic mass is 16.5. The average molecular weight is 196 g/mol. The van der Waals surface area contributed by atoms with Gasteiger partial charge in [-0.3, -0.25) is 0 Å². The molecular formula is C9H12N2O3. The predicted molar refractivity (Wildman–Crippen MR) is 49.1 cm³/mol. The van der Waals surface area contributed by atoms with Crippen LogP contribution in [0.5, 0.6) is 0 Å². The molecule has 0 amide bonds. The first-order valence-electron chi connectivity index (χ1n) is 4.29. The van der Waals surface area contributed by atoms with Crippen LogP contribution in [0.1, 0.15) is 28.9 Å². The van der Waals surface area contributed by atoms with Crippen LogP contribution in [-0.4, -0.2) is 27.7 Å². The molecule has 0 aliphatic carbocycles. The van der Waals surface area contributed by atoms with Gasteiger partial charge in [-0.05, 0) is 19.9 Å². The Kier molecular flexibility index (Phi) is 3.53.